The molecule has 1 heterocycles. The number of nitrogens with zero attached hydrogens (tertiary/aromatic N) is 1. The fourth-order valence-electron chi connectivity index (χ4n) is 1.71. The van der Waals surface area contributed by atoms with E-state index in [1.54, 1.807) is 0 Å². The van der Waals surface area contributed by atoms with E-state index in [9.17, 15) is 14.7 Å². The Morgan fingerprint density at radius 3 is 2.60 bits per heavy atom. The van der Waals surface area contributed by atoms with Gasteiger partial charge >= 0.3 is 0 Å². The second-order valence-electron chi connectivity index (χ2n) is 4.21. The van der Waals surface area contributed by atoms with Crippen LogP contribution in [0, 0.1) is 6.92 Å². The number of benzene rings is 1. The Morgan fingerprint density at radius 2 is 1.95 bits per heavy atom. The number of aryl methyl sites for hydroxylation is 1. The summed E-state index contributed by atoms with van der Waals surface area (Å²) in [6.45, 7) is 1.93. The van der Waals surface area contributed by atoms with Crippen LogP contribution in [0.25, 0.3) is 11.3 Å². The number of carbonyl (C=O) groups is 2. The summed E-state index contributed by atoms with van der Waals surface area (Å²) in [6.07, 6.45) is -0.399. The zero-order valence-corrected chi connectivity index (χ0v) is 11.7. The second kappa shape index (κ2) is 6.29. The van der Waals surface area contributed by atoms with Crippen LogP contribution in [0.3, 0.4) is 0 Å². The third-order valence-electron chi connectivity index (χ3n) is 2.65. The Balaban J connectivity index is 2.08. The first-order valence-electron chi connectivity index (χ1n) is 6.09. The van der Waals surface area contributed by atoms with Gasteiger partial charge in [-0.05, 0) is 13.3 Å². The molecular weight excluding hydrogens is 276 g/mol. The number of carboxylic acids is 1. The third kappa shape index (κ3) is 3.64. The zero-order valence-electron chi connectivity index (χ0n) is 10.9. The average Bonchev–Trinajstić information content (AvgIpc) is 2.78. The van der Waals surface area contributed by atoms with Crippen LogP contribution in [-0.2, 0) is 9.59 Å². The third-order valence-corrected chi connectivity index (χ3v) is 3.53. The molecule has 1 aromatic heterocycles. The summed E-state index contributed by atoms with van der Waals surface area (Å²) in [5, 5.41) is 13.4. The van der Waals surface area contributed by atoms with Crippen LogP contribution in [-0.4, -0.2) is 16.9 Å². The van der Waals surface area contributed by atoms with E-state index >= 15 is 0 Å². The molecule has 2 aromatic rings. The number of hydrogen-bond acceptors (Lipinski definition) is 5. The molecule has 1 amide bonds. The Labute approximate surface area is 120 Å². The van der Waals surface area contributed by atoms with E-state index in [-0.39, 0.29) is 18.7 Å². The Bertz CT molecular complexity index is 623. The van der Waals surface area contributed by atoms with E-state index in [1.165, 1.54) is 11.3 Å². The van der Waals surface area contributed by atoms with Crippen LogP contribution < -0.4 is 10.4 Å². The predicted molar refractivity (Wildman–Crippen MR) is 75.2 cm³/mol. The largest absolute Gasteiger partial charge is 0.550 e. The number of carboxylic acid groups (broad SMARTS) is 1. The summed E-state index contributed by atoms with van der Waals surface area (Å²) < 4.78 is 0. The maximum atomic E-state index is 11.5. The molecule has 0 atom stereocenters. The molecule has 0 bridgehead atoms. The maximum Gasteiger partial charge on any atom is 0.226 e. The van der Waals surface area contributed by atoms with E-state index in [4.69, 9.17) is 0 Å². The average molecular weight is 289 g/mol. The van der Waals surface area contributed by atoms with Crippen LogP contribution >= 0.6 is 11.3 Å². The molecule has 0 aliphatic heterocycles. The van der Waals surface area contributed by atoms with Gasteiger partial charge in [-0.15, -0.1) is 11.3 Å². The molecule has 5 nitrogen and oxygen atoms in total. The zero-order chi connectivity index (χ0) is 14.5. The molecule has 0 fully saturated rings. The molecule has 0 saturated heterocycles. The lowest BCUT2D eigenvalue weighted by Crippen LogP contribution is -2.24. The Hall–Kier alpha value is -2.21. The van der Waals surface area contributed by atoms with Crippen molar-refractivity contribution in [2.24, 2.45) is 0 Å². The standard InChI is InChI=1S/C14H14N2O3S/c1-9-13(10-5-3-2-4-6-10)16-14(20-9)15-11(17)7-8-12(18)19/h2-6H,7-8H2,1H3,(H,18,19)(H,15,16,17)/p-1. The number of nitrogens with one attached hydrogen (secondary N) is 1. The molecule has 0 radical (unpaired) electrons. The topological polar surface area (TPSA) is 82.1 Å². The highest BCUT2D eigenvalue weighted by molar-refractivity contribution is 7.16. The molecule has 6 heteroatoms. The SMILES string of the molecule is Cc1sc(NC(=O)CCC(=O)[O-])nc1-c1ccccc1. The number of aliphatic carboxylic acids is 1. The van der Waals surface area contributed by atoms with Crippen LogP contribution in [0.15, 0.2) is 30.3 Å². The lowest BCUT2D eigenvalue weighted by molar-refractivity contribution is -0.305. The summed E-state index contributed by atoms with van der Waals surface area (Å²) in [6, 6.07) is 9.67. The fourth-order valence-corrected chi connectivity index (χ4v) is 2.56. The van der Waals surface area contributed by atoms with Crippen LogP contribution in [0.5, 0.6) is 0 Å². The molecule has 2 rings (SSSR count). The lowest BCUT2D eigenvalue weighted by Gasteiger charge is -2.02. The second-order valence-corrected chi connectivity index (χ2v) is 5.41. The molecule has 104 valence electrons. The molecule has 20 heavy (non-hydrogen) atoms. The van der Waals surface area contributed by atoms with Crippen LogP contribution in [0.4, 0.5) is 5.13 Å². The normalized spacial score (nSPS) is 10.2. The van der Waals surface area contributed by atoms with Gasteiger partial charge in [-0.3, -0.25) is 4.79 Å². The molecular formula is C14H13N2O3S-. The van der Waals surface area contributed by atoms with Gasteiger partial charge in [-0.2, -0.15) is 0 Å². The predicted octanol–water partition coefficient (Wildman–Crippen LogP) is 1.59. The number of aromatic nitrogens is 1. The first kappa shape index (κ1) is 14.2. The van der Waals surface area contributed by atoms with Crippen molar-refractivity contribution in [2.75, 3.05) is 5.32 Å². The summed E-state index contributed by atoms with van der Waals surface area (Å²) in [5.74, 6) is -1.61. The van der Waals surface area contributed by atoms with Gasteiger partial charge in [0, 0.05) is 22.8 Å². The van der Waals surface area contributed by atoms with Crippen molar-refractivity contribution < 1.29 is 14.7 Å². The molecule has 1 aromatic carbocycles. The van der Waals surface area contributed by atoms with Gasteiger partial charge in [0.05, 0.1) is 5.69 Å². The highest BCUT2D eigenvalue weighted by atomic mass is 32.1. The number of rotatable bonds is 5. The first-order chi connectivity index (χ1) is 9.56. The first-order valence-corrected chi connectivity index (χ1v) is 6.90. The van der Waals surface area contributed by atoms with E-state index in [1.807, 2.05) is 37.3 Å². The summed E-state index contributed by atoms with van der Waals surface area (Å²) >= 11 is 1.37. The van der Waals surface area contributed by atoms with Gasteiger partial charge in [0.2, 0.25) is 5.91 Å². The Kier molecular flexibility index (Phi) is 4.47. The molecule has 0 spiro atoms. The van der Waals surface area contributed by atoms with E-state index in [0.29, 0.717) is 5.13 Å². The highest BCUT2D eigenvalue weighted by Crippen LogP contribution is 2.30. The van der Waals surface area contributed by atoms with Gasteiger partial charge < -0.3 is 15.2 Å². The minimum atomic E-state index is -1.24. The van der Waals surface area contributed by atoms with Crippen molar-refractivity contribution in [2.45, 2.75) is 19.8 Å². The number of amides is 1. The maximum absolute atomic E-state index is 11.5. The number of carbonyl (C=O) groups excluding carboxylic acids is 2. The van der Waals surface area contributed by atoms with Gasteiger partial charge in [0.25, 0.3) is 0 Å². The Morgan fingerprint density at radius 1 is 1.25 bits per heavy atom. The van der Waals surface area contributed by atoms with Gasteiger partial charge in [-0.1, -0.05) is 30.3 Å². The highest BCUT2D eigenvalue weighted by Gasteiger charge is 2.11. The minimum Gasteiger partial charge on any atom is -0.550 e. The molecule has 0 aliphatic rings. The van der Waals surface area contributed by atoms with Gasteiger partial charge in [0.15, 0.2) is 5.13 Å². The molecule has 0 saturated carbocycles. The van der Waals surface area contributed by atoms with E-state index in [0.717, 1.165) is 16.1 Å². The fraction of sp³-hybridized carbons (Fsp3) is 0.214. The lowest BCUT2D eigenvalue weighted by atomic mass is 10.1. The quantitative estimate of drug-likeness (QED) is 0.906. The minimum absolute atomic E-state index is 0.109. The van der Waals surface area contributed by atoms with Crippen molar-refractivity contribution in [3.63, 3.8) is 0 Å². The van der Waals surface area contributed by atoms with E-state index < -0.39 is 5.97 Å². The van der Waals surface area contributed by atoms with Crippen molar-refractivity contribution in [3.05, 3.63) is 35.2 Å². The number of thiazole rings is 1. The van der Waals surface area contributed by atoms with Crippen LogP contribution in [0.1, 0.15) is 17.7 Å². The van der Waals surface area contributed by atoms with Crippen molar-refractivity contribution in [1.82, 2.24) is 4.98 Å². The summed E-state index contributed by atoms with van der Waals surface area (Å²) in [7, 11) is 0. The summed E-state index contributed by atoms with van der Waals surface area (Å²) in [5.41, 5.74) is 1.81. The van der Waals surface area contributed by atoms with Crippen molar-refractivity contribution in [1.29, 1.82) is 0 Å². The molecule has 0 unspecified atom stereocenters. The monoisotopic (exact) mass is 289 g/mol. The smallest absolute Gasteiger partial charge is 0.226 e. The van der Waals surface area contributed by atoms with Crippen molar-refractivity contribution >= 4 is 28.3 Å². The van der Waals surface area contributed by atoms with Crippen molar-refractivity contribution in [3.8, 4) is 11.3 Å². The molecule has 0 aliphatic carbocycles. The number of hydrogen-bond donors (Lipinski definition) is 1. The van der Waals surface area contributed by atoms with Crippen LogP contribution in [0.2, 0.25) is 0 Å². The van der Waals surface area contributed by atoms with Gasteiger partial charge in [-0.25, -0.2) is 4.98 Å². The van der Waals surface area contributed by atoms with E-state index in [2.05, 4.69) is 10.3 Å². The summed E-state index contributed by atoms with van der Waals surface area (Å²) in [4.78, 5) is 27.2. The molecule has 1 N–H and O–H groups in total. The number of anilines is 1. The van der Waals surface area contributed by atoms with Gasteiger partial charge in [0.1, 0.15) is 0 Å².